The molecule has 18 heavy (non-hydrogen) atoms. The Labute approximate surface area is 116 Å². The third-order valence-corrected chi connectivity index (χ3v) is 5.37. The fourth-order valence-electron chi connectivity index (χ4n) is 1.39. The largest absolute Gasteiger partial charge is 0.332 e. The predicted octanol–water partition coefficient (Wildman–Crippen LogP) is 2.82. The van der Waals surface area contributed by atoms with Gasteiger partial charge in [0.15, 0.2) is 9.84 Å². The molecule has 0 aliphatic rings. The summed E-state index contributed by atoms with van der Waals surface area (Å²) in [6.07, 6.45) is 0. The van der Waals surface area contributed by atoms with Crippen LogP contribution in [0.5, 0.6) is 0 Å². The van der Waals surface area contributed by atoms with Crippen molar-refractivity contribution in [1.82, 2.24) is 4.90 Å². The van der Waals surface area contributed by atoms with Crippen molar-refractivity contribution in [1.29, 1.82) is 0 Å². The van der Waals surface area contributed by atoms with Gasteiger partial charge in [-0.3, -0.25) is 4.79 Å². The zero-order valence-electron chi connectivity index (χ0n) is 10.6. The Hall–Kier alpha value is -0.880. The number of benzene rings is 1. The summed E-state index contributed by atoms with van der Waals surface area (Å²) >= 11 is 2.85. The quantitative estimate of drug-likeness (QED) is 0.628. The van der Waals surface area contributed by atoms with Gasteiger partial charge in [0.1, 0.15) is 0 Å². The lowest BCUT2D eigenvalue weighted by Gasteiger charge is -2.14. The summed E-state index contributed by atoms with van der Waals surface area (Å²) in [7, 11) is -1.57. The molecule has 4 nitrogen and oxygen atoms in total. The molecule has 1 aromatic rings. The smallest absolute Gasteiger partial charge is 0.289 e. The number of carbonyl (C=O) groups is 1. The number of carbonyl (C=O) groups excluding carboxylic acids is 1. The Balaban J connectivity index is 2.91. The molecule has 0 radical (unpaired) electrons. The summed E-state index contributed by atoms with van der Waals surface area (Å²) in [6, 6.07) is 6.61. The first-order chi connectivity index (χ1) is 8.25. The molecule has 1 aromatic carbocycles. The second-order valence-electron chi connectivity index (χ2n) is 4.35. The Morgan fingerprint density at radius 1 is 1.28 bits per heavy atom. The van der Waals surface area contributed by atoms with Crippen LogP contribution < -0.4 is 0 Å². The van der Waals surface area contributed by atoms with Crippen molar-refractivity contribution in [2.45, 2.75) is 30.5 Å². The topological polar surface area (TPSA) is 54.5 Å². The van der Waals surface area contributed by atoms with E-state index < -0.39 is 15.1 Å². The van der Waals surface area contributed by atoms with E-state index in [0.717, 1.165) is 5.56 Å². The van der Waals surface area contributed by atoms with E-state index in [0.29, 0.717) is 11.4 Å². The van der Waals surface area contributed by atoms with Gasteiger partial charge in [-0.25, -0.2) is 8.42 Å². The lowest BCUT2D eigenvalue weighted by Crippen LogP contribution is -2.19. The first-order valence-corrected chi connectivity index (χ1v) is 7.82. The number of hydrogen-bond donors (Lipinski definition) is 0. The molecule has 0 N–H and O–H groups in total. The van der Waals surface area contributed by atoms with Crippen molar-refractivity contribution < 1.29 is 13.2 Å². The maximum atomic E-state index is 11.9. The minimum atomic E-state index is -3.23. The second kappa shape index (κ2) is 5.84. The molecule has 0 unspecified atom stereocenters. The van der Waals surface area contributed by atoms with Gasteiger partial charge in [0.25, 0.3) is 4.82 Å². The van der Waals surface area contributed by atoms with Crippen molar-refractivity contribution >= 4 is 30.6 Å². The molecule has 100 valence electrons. The summed E-state index contributed by atoms with van der Waals surface area (Å²) in [4.78, 5) is 12.6. The van der Waals surface area contributed by atoms with Gasteiger partial charge in [0, 0.05) is 29.5 Å². The summed E-state index contributed by atoms with van der Waals surface area (Å²) in [5, 5.41) is -0.435. The molecule has 0 heterocycles. The third kappa shape index (κ3) is 3.55. The van der Waals surface area contributed by atoms with E-state index in [2.05, 4.69) is 15.9 Å². The number of hydrogen-bond acceptors (Lipinski definition) is 3. The Morgan fingerprint density at radius 2 is 1.78 bits per heavy atom. The highest BCUT2D eigenvalue weighted by atomic mass is 79.9. The van der Waals surface area contributed by atoms with Crippen molar-refractivity contribution in [2.75, 3.05) is 7.05 Å². The molecular weight excluding hydrogens is 318 g/mol. The highest BCUT2D eigenvalue weighted by Crippen LogP contribution is 2.17. The Morgan fingerprint density at radius 3 is 2.17 bits per heavy atom. The molecule has 0 saturated carbocycles. The first kappa shape index (κ1) is 15.2. The van der Waals surface area contributed by atoms with Crippen LogP contribution >= 0.6 is 15.9 Å². The standard InChI is InChI=1S/C12H16BrNO3S/c1-9(2)18(16,17)11-6-4-10(5-7-11)8-14(3)12(13)15/h4-7,9H,8H2,1-3H3. The van der Waals surface area contributed by atoms with Crippen LogP contribution in [0.25, 0.3) is 0 Å². The first-order valence-electron chi connectivity index (χ1n) is 5.48. The van der Waals surface area contributed by atoms with Gasteiger partial charge in [-0.05, 0) is 31.5 Å². The molecule has 0 aromatic heterocycles. The molecule has 6 heteroatoms. The van der Waals surface area contributed by atoms with E-state index in [4.69, 9.17) is 0 Å². The van der Waals surface area contributed by atoms with Gasteiger partial charge in [-0.2, -0.15) is 0 Å². The van der Waals surface area contributed by atoms with Crippen LogP contribution in [0.4, 0.5) is 4.79 Å². The molecule has 1 amide bonds. The van der Waals surface area contributed by atoms with Crippen molar-refractivity contribution in [3.63, 3.8) is 0 Å². The summed E-state index contributed by atoms with van der Waals surface area (Å²) < 4.78 is 23.8. The van der Waals surface area contributed by atoms with Crippen molar-refractivity contribution in [3.05, 3.63) is 29.8 Å². The molecule has 0 aliphatic carbocycles. The summed E-state index contributed by atoms with van der Waals surface area (Å²) in [5.41, 5.74) is 0.882. The normalized spacial score (nSPS) is 11.6. The van der Waals surface area contributed by atoms with Gasteiger partial charge in [-0.15, -0.1) is 0 Å². The van der Waals surface area contributed by atoms with Gasteiger partial charge in [0.2, 0.25) is 0 Å². The van der Waals surface area contributed by atoms with Gasteiger partial charge < -0.3 is 4.90 Å². The number of sulfone groups is 1. The van der Waals surface area contributed by atoms with Crippen LogP contribution in [0.1, 0.15) is 19.4 Å². The van der Waals surface area contributed by atoms with E-state index in [1.54, 1.807) is 45.2 Å². The monoisotopic (exact) mass is 333 g/mol. The lowest BCUT2D eigenvalue weighted by molar-refractivity contribution is 0.233. The fraction of sp³-hybridized carbons (Fsp3) is 0.417. The van der Waals surface area contributed by atoms with E-state index in [1.807, 2.05) is 0 Å². The molecule has 0 saturated heterocycles. The van der Waals surface area contributed by atoms with Crippen LogP contribution in [-0.4, -0.2) is 30.4 Å². The summed E-state index contributed by atoms with van der Waals surface area (Å²) in [5.74, 6) is 0. The zero-order valence-corrected chi connectivity index (χ0v) is 13.0. The minimum Gasteiger partial charge on any atom is -0.332 e. The lowest BCUT2D eigenvalue weighted by atomic mass is 10.2. The second-order valence-corrected chi connectivity index (χ2v) is 7.53. The van der Waals surface area contributed by atoms with E-state index in [9.17, 15) is 13.2 Å². The van der Waals surface area contributed by atoms with Crippen molar-refractivity contribution in [3.8, 4) is 0 Å². The number of nitrogens with zero attached hydrogens (tertiary/aromatic N) is 1. The van der Waals surface area contributed by atoms with Crippen LogP contribution in [-0.2, 0) is 16.4 Å². The number of halogens is 1. The minimum absolute atomic E-state index is 0.207. The molecular formula is C12H16BrNO3S. The van der Waals surface area contributed by atoms with E-state index >= 15 is 0 Å². The molecule has 0 atom stereocenters. The van der Waals surface area contributed by atoms with Crippen LogP contribution in [0, 0.1) is 0 Å². The van der Waals surface area contributed by atoms with Crippen molar-refractivity contribution in [2.24, 2.45) is 0 Å². The molecule has 0 spiro atoms. The number of amides is 1. The SMILES string of the molecule is CC(C)S(=O)(=O)c1ccc(CN(C)C(=O)Br)cc1. The molecule has 0 fully saturated rings. The maximum absolute atomic E-state index is 11.9. The molecule has 1 rings (SSSR count). The Kier molecular flexibility index (Phi) is 4.92. The van der Waals surface area contributed by atoms with E-state index in [-0.39, 0.29) is 4.82 Å². The average molecular weight is 334 g/mol. The molecule has 0 bridgehead atoms. The highest BCUT2D eigenvalue weighted by Gasteiger charge is 2.18. The van der Waals surface area contributed by atoms with Gasteiger partial charge in [0.05, 0.1) is 10.1 Å². The average Bonchev–Trinajstić information content (AvgIpc) is 2.29. The fourth-order valence-corrected chi connectivity index (χ4v) is 2.58. The van der Waals surface area contributed by atoms with Crippen LogP contribution in [0.2, 0.25) is 0 Å². The van der Waals surface area contributed by atoms with Crippen LogP contribution in [0.3, 0.4) is 0 Å². The van der Waals surface area contributed by atoms with E-state index in [1.165, 1.54) is 4.90 Å². The highest BCUT2D eigenvalue weighted by molar-refractivity contribution is 9.18. The number of rotatable bonds is 4. The maximum Gasteiger partial charge on any atom is 0.289 e. The van der Waals surface area contributed by atoms with Gasteiger partial charge >= 0.3 is 0 Å². The zero-order chi connectivity index (χ0) is 13.9. The summed E-state index contributed by atoms with van der Waals surface area (Å²) in [6.45, 7) is 3.74. The Bertz CT molecular complexity index is 523. The van der Waals surface area contributed by atoms with Crippen LogP contribution in [0.15, 0.2) is 29.2 Å². The molecule has 0 aliphatic heterocycles. The predicted molar refractivity (Wildman–Crippen MR) is 74.6 cm³/mol. The third-order valence-electron chi connectivity index (χ3n) is 2.59. The van der Waals surface area contributed by atoms with Gasteiger partial charge in [-0.1, -0.05) is 12.1 Å².